The number of carbonyl (C=O) groups excluding carboxylic acids is 1. The molecule has 7 nitrogen and oxygen atoms in total. The number of aromatic hydroxyl groups is 1. The second-order valence-electron chi connectivity index (χ2n) is 5.83. The smallest absolute Gasteiger partial charge is 0.322 e. The second-order valence-corrected chi connectivity index (χ2v) is 6.83. The fourth-order valence-electron chi connectivity index (χ4n) is 2.74. The van der Waals surface area contributed by atoms with E-state index < -0.39 is 18.4 Å². The van der Waals surface area contributed by atoms with Crippen LogP contribution >= 0.6 is 11.3 Å². The van der Waals surface area contributed by atoms with Gasteiger partial charge in [0.1, 0.15) is 21.8 Å². The maximum absolute atomic E-state index is 12.0. The number of nitrogens with zero attached hydrogens (tertiary/aromatic N) is 2. The summed E-state index contributed by atoms with van der Waals surface area (Å²) in [6.07, 6.45) is 1.39. The third-order valence-corrected chi connectivity index (χ3v) is 5.15. The van der Waals surface area contributed by atoms with E-state index in [9.17, 15) is 14.7 Å². The highest BCUT2D eigenvalue weighted by Gasteiger charge is 2.19. The number of nitrogens with one attached hydrogen (secondary N) is 1. The summed E-state index contributed by atoms with van der Waals surface area (Å²) in [5.41, 5.74) is 1.14. The molecular weight excluding hydrogens is 366 g/mol. The Morgan fingerprint density at radius 3 is 2.67 bits per heavy atom. The zero-order valence-corrected chi connectivity index (χ0v) is 14.7. The van der Waals surface area contributed by atoms with Gasteiger partial charge in [-0.25, -0.2) is 9.97 Å². The fourth-order valence-corrected chi connectivity index (χ4v) is 3.71. The molecular formula is C19H13N3O4S. The van der Waals surface area contributed by atoms with Gasteiger partial charge >= 0.3 is 5.97 Å². The molecule has 1 amide bonds. The molecule has 2 aromatic carbocycles. The highest BCUT2D eigenvalue weighted by Crippen LogP contribution is 2.37. The van der Waals surface area contributed by atoms with E-state index in [2.05, 4.69) is 15.3 Å². The quantitative estimate of drug-likeness (QED) is 0.502. The van der Waals surface area contributed by atoms with Gasteiger partial charge in [-0.1, -0.05) is 36.4 Å². The van der Waals surface area contributed by atoms with Crippen LogP contribution in [0.15, 0.2) is 48.7 Å². The van der Waals surface area contributed by atoms with Gasteiger partial charge in [0.15, 0.2) is 11.4 Å². The summed E-state index contributed by atoms with van der Waals surface area (Å²) in [5, 5.41) is 24.1. The molecule has 0 radical (unpaired) electrons. The van der Waals surface area contributed by atoms with Gasteiger partial charge in [0.25, 0.3) is 5.91 Å². The summed E-state index contributed by atoms with van der Waals surface area (Å²) in [7, 11) is 0. The Kier molecular flexibility index (Phi) is 4.17. The van der Waals surface area contributed by atoms with Crippen molar-refractivity contribution in [3.05, 3.63) is 54.4 Å². The Bertz CT molecular complexity index is 1200. The molecule has 0 saturated heterocycles. The average molecular weight is 379 g/mol. The van der Waals surface area contributed by atoms with Crippen molar-refractivity contribution in [2.75, 3.05) is 6.54 Å². The Labute approximate surface area is 156 Å². The normalized spacial score (nSPS) is 11.0. The van der Waals surface area contributed by atoms with Crippen LogP contribution in [-0.2, 0) is 4.79 Å². The van der Waals surface area contributed by atoms with Crippen LogP contribution in [0.4, 0.5) is 0 Å². The number of fused-ring (bicyclic) bond motifs is 2. The van der Waals surface area contributed by atoms with Gasteiger partial charge in [-0.15, -0.1) is 11.3 Å². The SMILES string of the molecule is O=C(O)CNC(=O)c1ncc2nc(-c3ccc4ccccc4c3)sc2c1O. The molecule has 0 unspecified atom stereocenters. The Morgan fingerprint density at radius 2 is 1.89 bits per heavy atom. The topological polar surface area (TPSA) is 112 Å². The molecule has 134 valence electrons. The lowest BCUT2D eigenvalue weighted by Crippen LogP contribution is -2.29. The maximum atomic E-state index is 12.0. The second kappa shape index (κ2) is 6.65. The van der Waals surface area contributed by atoms with Crippen molar-refractivity contribution in [1.29, 1.82) is 0 Å². The summed E-state index contributed by atoms with van der Waals surface area (Å²) in [5.74, 6) is -2.24. The van der Waals surface area contributed by atoms with Gasteiger partial charge in [0.05, 0.1) is 6.20 Å². The van der Waals surface area contributed by atoms with E-state index >= 15 is 0 Å². The molecule has 0 aliphatic carbocycles. The summed E-state index contributed by atoms with van der Waals surface area (Å²) in [6, 6.07) is 13.9. The maximum Gasteiger partial charge on any atom is 0.322 e. The molecule has 0 spiro atoms. The van der Waals surface area contributed by atoms with E-state index in [0.29, 0.717) is 15.2 Å². The van der Waals surface area contributed by atoms with E-state index in [0.717, 1.165) is 16.3 Å². The van der Waals surface area contributed by atoms with E-state index in [1.165, 1.54) is 17.5 Å². The van der Waals surface area contributed by atoms with E-state index in [-0.39, 0.29) is 11.4 Å². The molecule has 0 aliphatic rings. The van der Waals surface area contributed by atoms with E-state index in [1.54, 1.807) is 0 Å². The Balaban J connectivity index is 1.74. The first-order chi connectivity index (χ1) is 13.0. The third-order valence-electron chi connectivity index (χ3n) is 4.02. The van der Waals surface area contributed by atoms with Crippen LogP contribution in [0.2, 0.25) is 0 Å². The first kappa shape index (κ1) is 16.9. The monoisotopic (exact) mass is 379 g/mol. The molecule has 0 saturated carbocycles. The number of benzene rings is 2. The average Bonchev–Trinajstić information content (AvgIpc) is 3.11. The number of carboxylic acids is 1. The lowest BCUT2D eigenvalue weighted by atomic mass is 10.1. The van der Waals surface area contributed by atoms with Gasteiger partial charge in [-0.05, 0) is 16.8 Å². The molecule has 2 heterocycles. The Morgan fingerprint density at radius 1 is 1.11 bits per heavy atom. The van der Waals surface area contributed by atoms with Gasteiger partial charge < -0.3 is 15.5 Å². The number of thiazole rings is 1. The molecule has 0 bridgehead atoms. The number of hydrogen-bond acceptors (Lipinski definition) is 6. The number of rotatable bonds is 4. The zero-order chi connectivity index (χ0) is 19.0. The van der Waals surface area contributed by atoms with Crippen LogP contribution in [0, 0.1) is 0 Å². The summed E-state index contributed by atoms with van der Waals surface area (Å²) in [4.78, 5) is 31.0. The number of carboxylic acid groups (broad SMARTS) is 1. The van der Waals surface area contributed by atoms with Crippen molar-refractivity contribution >= 4 is 44.2 Å². The number of pyridine rings is 1. The third kappa shape index (κ3) is 3.18. The number of hydrogen-bond donors (Lipinski definition) is 3. The van der Waals surface area contributed by atoms with E-state index in [4.69, 9.17) is 5.11 Å². The van der Waals surface area contributed by atoms with Gasteiger partial charge in [-0.3, -0.25) is 9.59 Å². The molecule has 4 aromatic rings. The minimum Gasteiger partial charge on any atom is -0.504 e. The predicted molar refractivity (Wildman–Crippen MR) is 102 cm³/mol. The highest BCUT2D eigenvalue weighted by molar-refractivity contribution is 7.22. The first-order valence-corrected chi connectivity index (χ1v) is 8.82. The summed E-state index contributed by atoms with van der Waals surface area (Å²) in [6.45, 7) is -0.553. The molecule has 0 fully saturated rings. The summed E-state index contributed by atoms with van der Waals surface area (Å²) < 4.78 is 0.425. The van der Waals surface area contributed by atoms with Crippen LogP contribution in [0.5, 0.6) is 5.75 Å². The van der Waals surface area contributed by atoms with E-state index in [1.807, 2.05) is 42.5 Å². The van der Waals surface area contributed by atoms with Crippen LogP contribution in [0.3, 0.4) is 0 Å². The lowest BCUT2D eigenvalue weighted by molar-refractivity contribution is -0.135. The van der Waals surface area contributed by atoms with Crippen LogP contribution in [0.25, 0.3) is 31.6 Å². The molecule has 4 rings (SSSR count). The van der Waals surface area contributed by atoms with Crippen molar-refractivity contribution in [1.82, 2.24) is 15.3 Å². The fraction of sp³-hybridized carbons (Fsp3) is 0.0526. The molecule has 3 N–H and O–H groups in total. The summed E-state index contributed by atoms with van der Waals surface area (Å²) >= 11 is 1.24. The first-order valence-electron chi connectivity index (χ1n) is 8.00. The number of amides is 1. The van der Waals surface area contributed by atoms with Crippen LogP contribution in [-0.4, -0.2) is 38.6 Å². The molecule has 27 heavy (non-hydrogen) atoms. The van der Waals surface area contributed by atoms with Crippen molar-refractivity contribution in [3.63, 3.8) is 0 Å². The van der Waals surface area contributed by atoms with Crippen LogP contribution < -0.4 is 5.32 Å². The van der Waals surface area contributed by atoms with Gasteiger partial charge in [0, 0.05) is 5.56 Å². The van der Waals surface area contributed by atoms with Gasteiger partial charge in [-0.2, -0.15) is 0 Å². The number of aromatic nitrogens is 2. The highest BCUT2D eigenvalue weighted by atomic mass is 32.1. The molecule has 0 atom stereocenters. The minimum absolute atomic E-state index is 0.225. The van der Waals surface area contributed by atoms with Gasteiger partial charge in [0.2, 0.25) is 0 Å². The lowest BCUT2D eigenvalue weighted by Gasteiger charge is -2.03. The number of aliphatic carboxylic acids is 1. The van der Waals surface area contributed by atoms with Crippen molar-refractivity contribution < 1.29 is 19.8 Å². The standard InChI is InChI=1S/C19H13N3O4S/c23-14(24)9-21-18(26)15-16(25)17-13(8-20-15)22-19(27-17)12-6-5-10-3-1-2-4-11(10)7-12/h1-8,25H,9H2,(H,21,26)(H,23,24). The molecule has 8 heteroatoms. The minimum atomic E-state index is -1.18. The zero-order valence-electron chi connectivity index (χ0n) is 13.8. The van der Waals surface area contributed by atoms with Crippen molar-refractivity contribution in [2.45, 2.75) is 0 Å². The Hall–Kier alpha value is -3.52. The van der Waals surface area contributed by atoms with Crippen molar-refractivity contribution in [2.24, 2.45) is 0 Å². The van der Waals surface area contributed by atoms with Crippen LogP contribution in [0.1, 0.15) is 10.5 Å². The molecule has 2 aromatic heterocycles. The molecule has 0 aliphatic heterocycles. The predicted octanol–water partition coefficient (Wildman–Crippen LogP) is 3.03. The number of carbonyl (C=O) groups is 2. The largest absolute Gasteiger partial charge is 0.504 e. The van der Waals surface area contributed by atoms with Crippen molar-refractivity contribution in [3.8, 4) is 16.3 Å².